The van der Waals surface area contributed by atoms with E-state index in [4.69, 9.17) is 13.9 Å². The number of methoxy groups -OCH3 is 1. The van der Waals surface area contributed by atoms with Crippen LogP contribution in [0.3, 0.4) is 0 Å². The van der Waals surface area contributed by atoms with Crippen LogP contribution in [-0.4, -0.2) is 24.6 Å². The third-order valence-electron chi connectivity index (χ3n) is 5.79. The highest BCUT2D eigenvalue weighted by Gasteiger charge is 2.44. The van der Waals surface area contributed by atoms with E-state index in [-0.39, 0.29) is 16.8 Å². The smallest absolute Gasteiger partial charge is 0.296 e. The summed E-state index contributed by atoms with van der Waals surface area (Å²) in [7, 11) is 1.54. The predicted octanol–water partition coefficient (Wildman–Crippen LogP) is 4.82. The number of ether oxygens (including phenoxy) is 2. The lowest BCUT2D eigenvalue weighted by Crippen LogP contribution is -2.30. The number of nitrogens with zero attached hydrogens (tertiary/aromatic N) is 2. The topological polar surface area (TPSA) is 81.9 Å². The molecule has 2 aromatic heterocycles. The first-order valence-corrected chi connectivity index (χ1v) is 10.8. The van der Waals surface area contributed by atoms with Gasteiger partial charge in [-0.3, -0.25) is 14.5 Å². The standard InChI is InChI=1S/C27H22N2O5/c1-4-13-33-20-10-9-17(15-21(20)32-3)24-23-25(30)18-7-5-6-8-19(18)34-26(23)27(31)29(24)22-14-16(2)11-12-28-22/h4-12,14-15,24H,1,13H2,2-3H3. The first-order chi connectivity index (χ1) is 16.5. The van der Waals surface area contributed by atoms with Gasteiger partial charge in [-0.2, -0.15) is 0 Å². The zero-order valence-electron chi connectivity index (χ0n) is 18.8. The molecule has 3 heterocycles. The lowest BCUT2D eigenvalue weighted by atomic mass is 9.98. The van der Waals surface area contributed by atoms with E-state index in [0.717, 1.165) is 5.56 Å². The van der Waals surface area contributed by atoms with E-state index < -0.39 is 11.9 Å². The SMILES string of the molecule is C=CCOc1ccc(C2c3c(oc4ccccc4c3=O)C(=O)N2c2cc(C)ccn2)cc1OC. The van der Waals surface area contributed by atoms with Crippen molar-refractivity contribution in [2.45, 2.75) is 13.0 Å². The van der Waals surface area contributed by atoms with Gasteiger partial charge in [0.2, 0.25) is 5.76 Å². The fourth-order valence-electron chi connectivity index (χ4n) is 4.25. The Bertz CT molecular complexity index is 1490. The van der Waals surface area contributed by atoms with Crippen molar-refractivity contribution in [1.82, 2.24) is 4.98 Å². The fourth-order valence-corrected chi connectivity index (χ4v) is 4.25. The van der Waals surface area contributed by atoms with E-state index >= 15 is 0 Å². The van der Waals surface area contributed by atoms with Gasteiger partial charge < -0.3 is 13.9 Å². The highest BCUT2D eigenvalue weighted by Crippen LogP contribution is 2.42. The zero-order chi connectivity index (χ0) is 23.8. The van der Waals surface area contributed by atoms with Crippen molar-refractivity contribution in [3.63, 3.8) is 0 Å². The lowest BCUT2D eigenvalue weighted by molar-refractivity contribution is 0.0970. The summed E-state index contributed by atoms with van der Waals surface area (Å²) in [4.78, 5) is 33.2. The number of benzene rings is 2. The number of carbonyl (C=O) groups is 1. The van der Waals surface area contributed by atoms with Crippen molar-refractivity contribution in [2.24, 2.45) is 0 Å². The number of hydrogen-bond acceptors (Lipinski definition) is 6. The molecule has 7 heteroatoms. The fraction of sp³-hybridized carbons (Fsp3) is 0.148. The summed E-state index contributed by atoms with van der Waals surface area (Å²) in [5, 5.41) is 0.413. The van der Waals surface area contributed by atoms with Crippen LogP contribution in [0.15, 0.2) is 82.7 Å². The summed E-state index contributed by atoms with van der Waals surface area (Å²) in [6.07, 6.45) is 3.28. The molecule has 1 aliphatic rings. The number of pyridine rings is 1. The monoisotopic (exact) mass is 454 g/mol. The molecule has 0 fully saturated rings. The maximum atomic E-state index is 13.6. The zero-order valence-corrected chi connectivity index (χ0v) is 18.8. The first-order valence-electron chi connectivity index (χ1n) is 10.8. The van der Waals surface area contributed by atoms with Crippen LogP contribution in [0.5, 0.6) is 11.5 Å². The third kappa shape index (κ3) is 3.42. The molecule has 1 unspecified atom stereocenters. The van der Waals surface area contributed by atoms with Gasteiger partial charge in [0, 0.05) is 6.20 Å². The number of anilines is 1. The van der Waals surface area contributed by atoms with Gasteiger partial charge in [-0.05, 0) is 54.4 Å². The summed E-state index contributed by atoms with van der Waals surface area (Å²) in [5.74, 6) is 1.02. The minimum atomic E-state index is -0.750. The van der Waals surface area contributed by atoms with Gasteiger partial charge in [-0.15, -0.1) is 0 Å². The molecule has 1 amide bonds. The molecule has 0 aliphatic carbocycles. The molecule has 34 heavy (non-hydrogen) atoms. The molecule has 0 saturated heterocycles. The number of para-hydroxylation sites is 1. The minimum absolute atomic E-state index is 0.0166. The molecule has 0 spiro atoms. The number of rotatable bonds is 6. The third-order valence-corrected chi connectivity index (χ3v) is 5.79. The summed E-state index contributed by atoms with van der Waals surface area (Å²) in [6, 6.07) is 15.1. The molecule has 0 saturated carbocycles. The average molecular weight is 454 g/mol. The summed E-state index contributed by atoms with van der Waals surface area (Å²) < 4.78 is 17.2. The van der Waals surface area contributed by atoms with Gasteiger partial charge in [0.25, 0.3) is 5.91 Å². The molecule has 1 atom stereocenters. The Balaban J connectivity index is 1.76. The van der Waals surface area contributed by atoms with Gasteiger partial charge in [-0.25, -0.2) is 4.98 Å². The van der Waals surface area contributed by atoms with Crippen LogP contribution < -0.4 is 19.8 Å². The Morgan fingerprint density at radius 3 is 2.71 bits per heavy atom. The van der Waals surface area contributed by atoms with Crippen LogP contribution in [-0.2, 0) is 0 Å². The molecular weight excluding hydrogens is 432 g/mol. The van der Waals surface area contributed by atoms with E-state index in [9.17, 15) is 9.59 Å². The van der Waals surface area contributed by atoms with Crippen LogP contribution in [0, 0.1) is 6.92 Å². The van der Waals surface area contributed by atoms with E-state index in [1.807, 2.05) is 19.1 Å². The maximum absolute atomic E-state index is 13.6. The summed E-state index contributed by atoms with van der Waals surface area (Å²) in [6.45, 7) is 5.90. The van der Waals surface area contributed by atoms with Crippen LogP contribution in [0.1, 0.15) is 33.3 Å². The molecular formula is C27H22N2O5. The Morgan fingerprint density at radius 2 is 1.94 bits per heavy atom. The normalized spacial score (nSPS) is 14.8. The van der Waals surface area contributed by atoms with Gasteiger partial charge in [0.05, 0.1) is 24.1 Å². The summed E-state index contributed by atoms with van der Waals surface area (Å²) in [5.41, 5.74) is 1.98. The van der Waals surface area contributed by atoms with E-state index in [2.05, 4.69) is 11.6 Å². The Labute approximate surface area is 195 Å². The second kappa shape index (κ2) is 8.51. The van der Waals surface area contributed by atoms with Crippen molar-refractivity contribution >= 4 is 22.7 Å². The molecule has 0 bridgehead atoms. The Morgan fingerprint density at radius 1 is 1.12 bits per heavy atom. The Hall–Kier alpha value is -4.39. The van der Waals surface area contributed by atoms with Crippen molar-refractivity contribution in [3.05, 3.63) is 106 Å². The number of fused-ring (bicyclic) bond motifs is 2. The van der Waals surface area contributed by atoms with Crippen LogP contribution in [0.2, 0.25) is 0 Å². The molecule has 2 aromatic carbocycles. The van der Waals surface area contributed by atoms with E-state index in [0.29, 0.717) is 40.5 Å². The Kier molecular flexibility index (Phi) is 5.37. The van der Waals surface area contributed by atoms with Crippen LogP contribution >= 0.6 is 0 Å². The number of amides is 1. The highest BCUT2D eigenvalue weighted by molar-refractivity contribution is 6.10. The molecule has 4 aromatic rings. The molecule has 170 valence electrons. The van der Waals surface area contributed by atoms with Crippen LogP contribution in [0.25, 0.3) is 11.0 Å². The van der Waals surface area contributed by atoms with E-state index in [1.165, 1.54) is 12.0 Å². The number of carbonyl (C=O) groups excluding carboxylic acids is 1. The molecule has 7 nitrogen and oxygen atoms in total. The number of aromatic nitrogens is 1. The number of hydrogen-bond donors (Lipinski definition) is 0. The van der Waals surface area contributed by atoms with Crippen molar-refractivity contribution in [3.8, 4) is 11.5 Å². The quantitative estimate of drug-likeness (QED) is 0.389. The molecule has 0 radical (unpaired) electrons. The highest BCUT2D eigenvalue weighted by atomic mass is 16.5. The van der Waals surface area contributed by atoms with Crippen molar-refractivity contribution < 1.29 is 18.7 Å². The van der Waals surface area contributed by atoms with Crippen LogP contribution in [0.4, 0.5) is 5.82 Å². The maximum Gasteiger partial charge on any atom is 0.296 e. The molecule has 5 rings (SSSR count). The van der Waals surface area contributed by atoms with Gasteiger partial charge in [-0.1, -0.05) is 30.9 Å². The van der Waals surface area contributed by atoms with E-state index in [1.54, 1.807) is 54.7 Å². The number of aryl methyl sites for hydroxylation is 1. The van der Waals surface area contributed by atoms with Crippen molar-refractivity contribution in [1.29, 1.82) is 0 Å². The van der Waals surface area contributed by atoms with Gasteiger partial charge >= 0.3 is 0 Å². The first kappa shape index (κ1) is 21.5. The predicted molar refractivity (Wildman–Crippen MR) is 129 cm³/mol. The second-order valence-corrected chi connectivity index (χ2v) is 7.95. The minimum Gasteiger partial charge on any atom is -0.493 e. The average Bonchev–Trinajstić information content (AvgIpc) is 3.15. The molecule has 1 aliphatic heterocycles. The summed E-state index contributed by atoms with van der Waals surface area (Å²) >= 11 is 0. The second-order valence-electron chi connectivity index (χ2n) is 7.95. The lowest BCUT2D eigenvalue weighted by Gasteiger charge is -2.25. The van der Waals surface area contributed by atoms with Gasteiger partial charge in [0.1, 0.15) is 18.0 Å². The van der Waals surface area contributed by atoms with Crippen molar-refractivity contribution in [2.75, 3.05) is 18.6 Å². The molecule has 0 N–H and O–H groups in total. The van der Waals surface area contributed by atoms with Gasteiger partial charge in [0.15, 0.2) is 16.9 Å². The largest absolute Gasteiger partial charge is 0.493 e.